The number of aryl methyl sites for hydroxylation is 2. The van der Waals surface area contributed by atoms with Crippen LogP contribution in [-0.4, -0.2) is 0 Å². The molecule has 1 saturated heterocycles. The van der Waals surface area contributed by atoms with Crippen molar-refractivity contribution in [3.8, 4) is 0 Å². The Bertz CT molecular complexity index is 469. The standard InChI is InChI=1S/C17H18S/c1-12-3-7-14(8-4-12)16-11-17(18-16)15-9-5-13(2)6-10-15/h3-10,16-17H,11H2,1-2H3. The lowest BCUT2D eigenvalue weighted by Gasteiger charge is -2.35. The van der Waals surface area contributed by atoms with Crippen LogP contribution in [0, 0.1) is 13.8 Å². The summed E-state index contributed by atoms with van der Waals surface area (Å²) in [5.74, 6) is 0. The van der Waals surface area contributed by atoms with E-state index in [1.807, 2.05) is 0 Å². The summed E-state index contributed by atoms with van der Waals surface area (Å²) in [7, 11) is 0. The van der Waals surface area contributed by atoms with Crippen molar-refractivity contribution in [1.29, 1.82) is 0 Å². The number of thioether (sulfide) groups is 1. The maximum Gasteiger partial charge on any atom is 0.0317 e. The molecule has 0 N–H and O–H groups in total. The molecule has 1 heterocycles. The SMILES string of the molecule is Cc1ccc(C2CC(c3ccc(C)cc3)S2)cc1. The van der Waals surface area contributed by atoms with Gasteiger partial charge in [0.2, 0.25) is 0 Å². The van der Waals surface area contributed by atoms with Gasteiger partial charge in [-0.1, -0.05) is 59.7 Å². The first-order valence-corrected chi connectivity index (χ1v) is 7.45. The van der Waals surface area contributed by atoms with Gasteiger partial charge < -0.3 is 0 Å². The van der Waals surface area contributed by atoms with E-state index >= 15 is 0 Å². The Hall–Kier alpha value is -1.21. The van der Waals surface area contributed by atoms with Gasteiger partial charge in [0.15, 0.2) is 0 Å². The van der Waals surface area contributed by atoms with Crippen molar-refractivity contribution in [3.05, 3.63) is 70.8 Å². The predicted octanol–water partition coefficient (Wildman–Crippen LogP) is 5.22. The third-order valence-corrected chi connectivity index (χ3v) is 5.24. The quantitative estimate of drug-likeness (QED) is 0.707. The van der Waals surface area contributed by atoms with Crippen LogP contribution < -0.4 is 0 Å². The molecule has 92 valence electrons. The van der Waals surface area contributed by atoms with Gasteiger partial charge in [0.05, 0.1) is 0 Å². The third-order valence-electron chi connectivity index (χ3n) is 3.65. The van der Waals surface area contributed by atoms with Crippen LogP contribution in [0.2, 0.25) is 0 Å². The van der Waals surface area contributed by atoms with Crippen LogP contribution in [0.4, 0.5) is 0 Å². The van der Waals surface area contributed by atoms with Gasteiger partial charge in [-0.25, -0.2) is 0 Å². The molecule has 0 nitrogen and oxygen atoms in total. The minimum absolute atomic E-state index is 0.692. The summed E-state index contributed by atoms with van der Waals surface area (Å²) in [4.78, 5) is 0. The molecule has 0 aliphatic carbocycles. The lowest BCUT2D eigenvalue weighted by atomic mass is 10.00. The summed E-state index contributed by atoms with van der Waals surface area (Å²) < 4.78 is 0. The number of hydrogen-bond donors (Lipinski definition) is 0. The van der Waals surface area contributed by atoms with Gasteiger partial charge in [-0.2, -0.15) is 0 Å². The highest BCUT2D eigenvalue weighted by molar-refractivity contribution is 8.01. The van der Waals surface area contributed by atoms with E-state index in [2.05, 4.69) is 74.1 Å². The van der Waals surface area contributed by atoms with E-state index in [9.17, 15) is 0 Å². The van der Waals surface area contributed by atoms with Gasteiger partial charge in [-0.05, 0) is 31.4 Å². The zero-order valence-corrected chi connectivity index (χ0v) is 11.7. The number of benzene rings is 2. The van der Waals surface area contributed by atoms with E-state index in [0.29, 0.717) is 10.5 Å². The summed E-state index contributed by atoms with van der Waals surface area (Å²) in [6, 6.07) is 18.0. The Morgan fingerprint density at radius 3 is 1.39 bits per heavy atom. The summed E-state index contributed by atoms with van der Waals surface area (Å²) in [5, 5.41) is 1.38. The maximum atomic E-state index is 2.28. The lowest BCUT2D eigenvalue weighted by molar-refractivity contribution is 0.719. The summed E-state index contributed by atoms with van der Waals surface area (Å²) in [5.41, 5.74) is 5.65. The fraction of sp³-hybridized carbons (Fsp3) is 0.294. The van der Waals surface area contributed by atoms with Crippen LogP contribution in [0.25, 0.3) is 0 Å². The average Bonchev–Trinajstić information content (AvgIpc) is 2.32. The van der Waals surface area contributed by atoms with Crippen LogP contribution in [0.3, 0.4) is 0 Å². The first kappa shape index (κ1) is 11.9. The molecular weight excluding hydrogens is 236 g/mol. The Morgan fingerprint density at radius 2 is 1.06 bits per heavy atom. The Kier molecular flexibility index (Phi) is 3.17. The van der Waals surface area contributed by atoms with Crippen LogP contribution in [-0.2, 0) is 0 Å². The van der Waals surface area contributed by atoms with Crippen molar-refractivity contribution < 1.29 is 0 Å². The highest BCUT2D eigenvalue weighted by Gasteiger charge is 2.31. The molecule has 1 fully saturated rings. The topological polar surface area (TPSA) is 0 Å². The molecule has 18 heavy (non-hydrogen) atoms. The van der Waals surface area contributed by atoms with Gasteiger partial charge in [-0.15, -0.1) is 11.8 Å². The summed E-state index contributed by atoms with van der Waals surface area (Å²) in [6.07, 6.45) is 1.27. The molecule has 2 atom stereocenters. The van der Waals surface area contributed by atoms with Gasteiger partial charge >= 0.3 is 0 Å². The van der Waals surface area contributed by atoms with E-state index in [0.717, 1.165) is 0 Å². The molecule has 1 aliphatic heterocycles. The first-order valence-electron chi connectivity index (χ1n) is 6.51. The van der Waals surface area contributed by atoms with Crippen LogP contribution in [0.15, 0.2) is 48.5 Å². The van der Waals surface area contributed by atoms with Crippen molar-refractivity contribution in [2.24, 2.45) is 0 Å². The second-order valence-electron chi connectivity index (χ2n) is 5.17. The minimum atomic E-state index is 0.692. The highest BCUT2D eigenvalue weighted by Crippen LogP contribution is 2.57. The second-order valence-corrected chi connectivity index (χ2v) is 6.58. The number of rotatable bonds is 2. The highest BCUT2D eigenvalue weighted by atomic mass is 32.2. The molecule has 2 aromatic carbocycles. The van der Waals surface area contributed by atoms with Gasteiger partial charge in [-0.3, -0.25) is 0 Å². The van der Waals surface area contributed by atoms with Crippen molar-refractivity contribution >= 4 is 11.8 Å². The molecule has 0 spiro atoms. The fourth-order valence-electron chi connectivity index (χ4n) is 2.37. The third kappa shape index (κ3) is 2.32. The summed E-state index contributed by atoms with van der Waals surface area (Å²) >= 11 is 2.09. The molecule has 2 aromatic rings. The van der Waals surface area contributed by atoms with Crippen LogP contribution >= 0.6 is 11.8 Å². The molecule has 1 heteroatoms. The molecule has 2 unspecified atom stereocenters. The van der Waals surface area contributed by atoms with E-state index in [-0.39, 0.29) is 0 Å². The zero-order chi connectivity index (χ0) is 12.5. The van der Waals surface area contributed by atoms with E-state index in [4.69, 9.17) is 0 Å². The smallest absolute Gasteiger partial charge is 0.0317 e. The largest absolute Gasteiger partial charge is 0.145 e. The van der Waals surface area contributed by atoms with E-state index in [1.54, 1.807) is 0 Å². The predicted molar refractivity (Wildman–Crippen MR) is 80.0 cm³/mol. The van der Waals surface area contributed by atoms with Gasteiger partial charge in [0.1, 0.15) is 0 Å². The van der Waals surface area contributed by atoms with Gasteiger partial charge in [0, 0.05) is 10.5 Å². The average molecular weight is 254 g/mol. The van der Waals surface area contributed by atoms with Crippen LogP contribution in [0.1, 0.15) is 39.2 Å². The Morgan fingerprint density at radius 1 is 0.722 bits per heavy atom. The Labute approximate surface area is 113 Å². The molecule has 0 amide bonds. The molecule has 0 aromatic heterocycles. The normalized spacial score (nSPS) is 22.6. The zero-order valence-electron chi connectivity index (χ0n) is 10.9. The monoisotopic (exact) mass is 254 g/mol. The van der Waals surface area contributed by atoms with E-state index < -0.39 is 0 Å². The van der Waals surface area contributed by atoms with Crippen molar-refractivity contribution in [1.82, 2.24) is 0 Å². The molecule has 0 bridgehead atoms. The van der Waals surface area contributed by atoms with E-state index in [1.165, 1.54) is 28.7 Å². The fourth-order valence-corrected chi connectivity index (χ4v) is 3.65. The molecule has 0 saturated carbocycles. The second kappa shape index (κ2) is 4.81. The molecule has 1 aliphatic rings. The minimum Gasteiger partial charge on any atom is -0.145 e. The van der Waals surface area contributed by atoms with Crippen molar-refractivity contribution in [2.45, 2.75) is 30.8 Å². The maximum absolute atomic E-state index is 2.28. The van der Waals surface area contributed by atoms with Crippen molar-refractivity contribution in [2.75, 3.05) is 0 Å². The van der Waals surface area contributed by atoms with Crippen molar-refractivity contribution in [3.63, 3.8) is 0 Å². The van der Waals surface area contributed by atoms with Gasteiger partial charge in [0.25, 0.3) is 0 Å². The summed E-state index contributed by atoms with van der Waals surface area (Å²) in [6.45, 7) is 4.29. The molecule has 3 rings (SSSR count). The first-order chi connectivity index (χ1) is 8.72. The Balaban J connectivity index is 1.66. The number of hydrogen-bond acceptors (Lipinski definition) is 1. The van der Waals surface area contributed by atoms with Crippen LogP contribution in [0.5, 0.6) is 0 Å². The molecule has 0 radical (unpaired) electrons. The molecular formula is C17H18S. The lowest BCUT2D eigenvalue weighted by Crippen LogP contribution is -2.13.